The predicted octanol–water partition coefficient (Wildman–Crippen LogP) is 2.28. The lowest BCUT2D eigenvalue weighted by Crippen LogP contribution is -2.36. The van der Waals surface area contributed by atoms with Crippen LogP contribution in [0.25, 0.3) is 0 Å². The maximum absolute atomic E-state index is 2.57. The van der Waals surface area contributed by atoms with Gasteiger partial charge in [-0.1, -0.05) is 33.1 Å². The van der Waals surface area contributed by atoms with E-state index in [1.165, 1.54) is 51.6 Å². The Hall–Kier alpha value is -0.573. The van der Waals surface area contributed by atoms with Crippen LogP contribution in [0.15, 0.2) is 12.3 Å². The van der Waals surface area contributed by atoms with Gasteiger partial charge in [-0.05, 0) is 12.8 Å². The van der Waals surface area contributed by atoms with E-state index in [2.05, 4.69) is 41.1 Å². The zero-order valence-corrected chi connectivity index (χ0v) is 12.4. The van der Waals surface area contributed by atoms with E-state index >= 15 is 0 Å². The highest BCUT2D eigenvalue weighted by Crippen LogP contribution is 2.01. The molecule has 0 fully saturated rings. The fraction of sp³-hybridized carbons (Fsp3) is 0.769. The minimum absolute atomic E-state index is 0.195. The molecule has 0 unspecified atom stereocenters. The Bertz CT molecular complexity index is 236. The largest absolute Gasteiger partial charge is 0.441 e. The topological polar surface area (TPSA) is 6.25 Å². The Labute approximate surface area is 103 Å². The van der Waals surface area contributed by atoms with Crippen molar-refractivity contribution in [3.63, 3.8) is 0 Å². The fourth-order valence-corrected chi connectivity index (χ4v) is 3.66. The molecule has 0 aromatic carbocycles. The van der Waals surface area contributed by atoms with E-state index in [9.17, 15) is 0 Å². The van der Waals surface area contributed by atoms with Gasteiger partial charge < -0.3 is 4.57 Å². The quantitative estimate of drug-likeness (QED) is 0.465. The lowest BCUT2D eigenvalue weighted by Gasteiger charge is -2.20. The Kier molecular flexibility index (Phi) is 7.22. The highest BCUT2D eigenvalue weighted by molar-refractivity contribution is 6.24. The van der Waals surface area contributed by atoms with Gasteiger partial charge in [-0.15, -0.1) is 0 Å². The van der Waals surface area contributed by atoms with Gasteiger partial charge in [0.1, 0.15) is 12.8 Å². The van der Waals surface area contributed by atoms with E-state index in [-0.39, 0.29) is 9.84 Å². The maximum Gasteiger partial charge on any atom is 0.441 e. The van der Waals surface area contributed by atoms with Gasteiger partial charge in [0.05, 0.1) is 0 Å². The maximum atomic E-state index is 2.57. The molecule has 0 N–H and O–H groups in total. The van der Waals surface area contributed by atoms with Crippen LogP contribution in [0.1, 0.15) is 52.4 Å². The SMILES string of the molecule is CCCCCN1C=CC=[N+](CCCCC)[SiH2]1. The summed E-state index contributed by atoms with van der Waals surface area (Å²) in [6.45, 7) is 7.09. The van der Waals surface area contributed by atoms with E-state index in [0.717, 1.165) is 0 Å². The summed E-state index contributed by atoms with van der Waals surface area (Å²) in [6.07, 6.45) is 14.9. The average molecular weight is 239 g/mol. The molecule has 0 aliphatic carbocycles. The van der Waals surface area contributed by atoms with Crippen LogP contribution in [-0.4, -0.2) is 38.0 Å². The van der Waals surface area contributed by atoms with Gasteiger partial charge in [-0.2, -0.15) is 0 Å². The van der Waals surface area contributed by atoms with Crippen molar-refractivity contribution < 1.29 is 4.24 Å². The van der Waals surface area contributed by atoms with Gasteiger partial charge in [-0.25, -0.2) is 0 Å². The minimum atomic E-state index is -0.195. The van der Waals surface area contributed by atoms with Crippen molar-refractivity contribution in [1.29, 1.82) is 0 Å². The van der Waals surface area contributed by atoms with Crippen molar-refractivity contribution >= 4 is 16.1 Å². The summed E-state index contributed by atoms with van der Waals surface area (Å²) in [5, 5.41) is 0. The number of nitrogens with zero attached hydrogens (tertiary/aromatic N) is 2. The number of hydrogen-bond donors (Lipinski definition) is 0. The molecule has 1 heterocycles. The third-order valence-electron chi connectivity index (χ3n) is 3.05. The van der Waals surface area contributed by atoms with Crippen molar-refractivity contribution in [1.82, 2.24) is 4.57 Å². The van der Waals surface area contributed by atoms with Gasteiger partial charge >= 0.3 is 9.84 Å². The van der Waals surface area contributed by atoms with Gasteiger partial charge in [0, 0.05) is 25.2 Å². The molecule has 0 saturated heterocycles. The van der Waals surface area contributed by atoms with E-state index in [1.54, 1.807) is 0 Å². The minimum Gasteiger partial charge on any atom is -0.355 e. The summed E-state index contributed by atoms with van der Waals surface area (Å²) < 4.78 is 5.14. The molecule has 0 bridgehead atoms. The summed E-state index contributed by atoms with van der Waals surface area (Å²) in [4.78, 5) is 0. The van der Waals surface area contributed by atoms with E-state index < -0.39 is 0 Å². The third kappa shape index (κ3) is 5.49. The molecule has 0 spiro atoms. The standard InChI is InChI=1S/C13H27N2Si/c1-3-5-7-10-14-12-9-13-15(16-14)11-8-6-4-2/h9,12-13H,3-8,10-11,16H2,1-2H3/q+1. The van der Waals surface area contributed by atoms with Crippen LogP contribution in [0.2, 0.25) is 0 Å². The summed E-state index contributed by atoms with van der Waals surface area (Å²) in [7, 11) is -0.195. The monoisotopic (exact) mass is 239 g/mol. The van der Waals surface area contributed by atoms with Gasteiger partial charge in [0.2, 0.25) is 0 Å². The normalized spacial score (nSPS) is 16.9. The molecule has 0 aromatic heterocycles. The number of allylic oxidation sites excluding steroid dienone is 1. The van der Waals surface area contributed by atoms with Crippen molar-refractivity contribution in [2.24, 2.45) is 0 Å². The number of rotatable bonds is 8. The van der Waals surface area contributed by atoms with E-state index in [4.69, 9.17) is 0 Å². The van der Waals surface area contributed by atoms with Crippen molar-refractivity contribution in [2.45, 2.75) is 52.4 Å². The van der Waals surface area contributed by atoms with Crippen molar-refractivity contribution in [3.8, 4) is 0 Å². The Morgan fingerprint density at radius 2 is 1.81 bits per heavy atom. The molecule has 0 atom stereocenters. The van der Waals surface area contributed by atoms with Crippen LogP contribution in [0.5, 0.6) is 0 Å². The molecule has 3 heteroatoms. The second-order valence-corrected chi connectivity index (χ2v) is 6.58. The molecule has 1 rings (SSSR count). The fourth-order valence-electron chi connectivity index (χ4n) is 2.03. The second kappa shape index (κ2) is 8.56. The third-order valence-corrected chi connectivity index (χ3v) is 4.84. The Morgan fingerprint density at radius 1 is 1.06 bits per heavy atom. The Balaban J connectivity index is 2.19. The summed E-state index contributed by atoms with van der Waals surface area (Å²) in [6, 6.07) is 0. The zero-order chi connectivity index (χ0) is 11.6. The van der Waals surface area contributed by atoms with Crippen LogP contribution < -0.4 is 0 Å². The number of unbranched alkanes of at least 4 members (excludes halogenated alkanes) is 4. The Morgan fingerprint density at radius 3 is 2.56 bits per heavy atom. The first-order valence-corrected chi connectivity index (χ1v) is 8.13. The molecule has 16 heavy (non-hydrogen) atoms. The van der Waals surface area contributed by atoms with Crippen LogP contribution in [-0.2, 0) is 0 Å². The molecule has 1 aliphatic rings. The first-order valence-electron chi connectivity index (χ1n) is 6.86. The molecule has 0 saturated carbocycles. The lowest BCUT2D eigenvalue weighted by atomic mass is 10.2. The summed E-state index contributed by atoms with van der Waals surface area (Å²) >= 11 is 0. The number of hydrogen-bond acceptors (Lipinski definition) is 1. The van der Waals surface area contributed by atoms with Crippen molar-refractivity contribution in [3.05, 3.63) is 12.3 Å². The summed E-state index contributed by atoms with van der Waals surface area (Å²) in [5.74, 6) is 0. The summed E-state index contributed by atoms with van der Waals surface area (Å²) in [5.41, 5.74) is 0. The van der Waals surface area contributed by atoms with Crippen LogP contribution >= 0.6 is 0 Å². The zero-order valence-electron chi connectivity index (χ0n) is 11.0. The van der Waals surface area contributed by atoms with Crippen molar-refractivity contribution in [2.75, 3.05) is 13.1 Å². The first kappa shape index (κ1) is 13.5. The molecule has 92 valence electrons. The van der Waals surface area contributed by atoms with Crippen LogP contribution in [0.3, 0.4) is 0 Å². The van der Waals surface area contributed by atoms with Gasteiger partial charge in [0.25, 0.3) is 0 Å². The molecule has 0 amide bonds. The van der Waals surface area contributed by atoms with Gasteiger partial charge in [-0.3, -0.25) is 4.24 Å². The molecular formula is C13H27N2Si+. The molecule has 0 radical (unpaired) electrons. The van der Waals surface area contributed by atoms with Crippen LogP contribution in [0, 0.1) is 0 Å². The van der Waals surface area contributed by atoms with E-state index in [0.29, 0.717) is 0 Å². The molecule has 1 aliphatic heterocycles. The molecule has 0 aromatic rings. The first-order chi connectivity index (χ1) is 7.86. The van der Waals surface area contributed by atoms with E-state index in [1.807, 2.05) is 0 Å². The molecular weight excluding hydrogens is 212 g/mol. The highest BCUT2D eigenvalue weighted by atomic mass is 28.2. The van der Waals surface area contributed by atoms with Crippen LogP contribution in [0.4, 0.5) is 0 Å². The smallest absolute Gasteiger partial charge is 0.355 e. The predicted molar refractivity (Wildman–Crippen MR) is 74.6 cm³/mol. The average Bonchev–Trinajstić information content (AvgIpc) is 2.30. The second-order valence-electron chi connectivity index (χ2n) is 4.67. The highest BCUT2D eigenvalue weighted by Gasteiger charge is 2.13. The van der Waals surface area contributed by atoms with Gasteiger partial charge in [0.15, 0.2) is 0 Å². The molecule has 2 nitrogen and oxygen atoms in total. The lowest BCUT2D eigenvalue weighted by molar-refractivity contribution is -0.385.